The molecule has 2 amide bonds. The molecule has 3 heterocycles. The van der Waals surface area contributed by atoms with Crippen LogP contribution in [0.3, 0.4) is 0 Å². The highest BCUT2D eigenvalue weighted by atomic mass is 19.1. The number of nitrogens with zero attached hydrogens (tertiary/aromatic N) is 4. The molecule has 1 fully saturated rings. The molecule has 0 saturated carbocycles. The maximum atomic E-state index is 13.0. The summed E-state index contributed by atoms with van der Waals surface area (Å²) in [5.41, 5.74) is 1.33. The van der Waals surface area contributed by atoms with Crippen LogP contribution in [0, 0.1) is 5.82 Å². The quantitative estimate of drug-likeness (QED) is 0.787. The number of carbonyl (C=O) groups excluding carboxylic acids is 1. The lowest BCUT2D eigenvalue weighted by Gasteiger charge is -2.23. The maximum Gasteiger partial charge on any atom is 0.322 e. The third-order valence-corrected chi connectivity index (χ3v) is 4.25. The van der Waals surface area contributed by atoms with Gasteiger partial charge in [-0.25, -0.2) is 9.18 Å². The Labute approximate surface area is 137 Å². The molecule has 0 unspecified atom stereocenters. The number of urea groups is 1. The summed E-state index contributed by atoms with van der Waals surface area (Å²) < 4.78 is 14.9. The Morgan fingerprint density at radius 1 is 1.17 bits per heavy atom. The van der Waals surface area contributed by atoms with Crippen LogP contribution >= 0.6 is 0 Å². The van der Waals surface area contributed by atoms with Crippen molar-refractivity contribution in [2.45, 2.75) is 18.9 Å². The zero-order chi connectivity index (χ0) is 16.5. The first-order valence-electron chi connectivity index (χ1n) is 7.85. The number of likely N-dealkylation sites (tertiary alicyclic amines) is 1. The third kappa shape index (κ3) is 2.58. The Bertz CT molecular complexity index is 876. The Morgan fingerprint density at radius 3 is 2.83 bits per heavy atom. The van der Waals surface area contributed by atoms with E-state index in [1.807, 2.05) is 28.8 Å². The number of nitrogens with one attached hydrogen (secondary N) is 1. The van der Waals surface area contributed by atoms with Gasteiger partial charge in [-0.05, 0) is 49.2 Å². The zero-order valence-corrected chi connectivity index (χ0v) is 12.9. The van der Waals surface area contributed by atoms with E-state index in [9.17, 15) is 9.18 Å². The Balaban J connectivity index is 1.58. The molecule has 1 N–H and O–H groups in total. The molecule has 24 heavy (non-hydrogen) atoms. The second kappa shape index (κ2) is 5.92. The van der Waals surface area contributed by atoms with Gasteiger partial charge in [0.2, 0.25) is 0 Å². The molecule has 1 aliphatic rings. The predicted octanol–water partition coefficient (Wildman–Crippen LogP) is 3.24. The summed E-state index contributed by atoms with van der Waals surface area (Å²) in [6.07, 6.45) is 3.65. The van der Waals surface area contributed by atoms with E-state index in [-0.39, 0.29) is 17.9 Å². The lowest BCUT2D eigenvalue weighted by molar-refractivity contribution is 0.204. The Hall–Kier alpha value is -2.96. The van der Waals surface area contributed by atoms with Gasteiger partial charge in [-0.2, -0.15) is 0 Å². The molecule has 4 rings (SSSR count). The van der Waals surface area contributed by atoms with Crippen LogP contribution in [-0.2, 0) is 0 Å². The molecule has 122 valence electrons. The summed E-state index contributed by atoms with van der Waals surface area (Å²) in [6.45, 7) is 0.652. The highest BCUT2D eigenvalue weighted by Crippen LogP contribution is 2.31. The second-order valence-electron chi connectivity index (χ2n) is 5.78. The number of anilines is 1. The number of pyridine rings is 1. The van der Waals surface area contributed by atoms with Crippen molar-refractivity contribution in [2.75, 3.05) is 11.9 Å². The van der Waals surface area contributed by atoms with Gasteiger partial charge < -0.3 is 10.2 Å². The highest BCUT2D eigenvalue weighted by Gasteiger charge is 2.33. The lowest BCUT2D eigenvalue weighted by atomic mass is 10.2. The molecular weight excluding hydrogens is 309 g/mol. The van der Waals surface area contributed by atoms with Crippen LogP contribution in [0.4, 0.5) is 14.9 Å². The van der Waals surface area contributed by atoms with Crippen molar-refractivity contribution in [3.63, 3.8) is 0 Å². The number of benzene rings is 1. The van der Waals surface area contributed by atoms with E-state index in [1.165, 1.54) is 12.1 Å². The molecule has 0 bridgehead atoms. The topological polar surface area (TPSA) is 62.5 Å². The van der Waals surface area contributed by atoms with Crippen molar-refractivity contribution in [3.8, 4) is 0 Å². The largest absolute Gasteiger partial charge is 0.322 e. The molecule has 1 aromatic carbocycles. The van der Waals surface area contributed by atoms with Gasteiger partial charge in [-0.3, -0.25) is 4.40 Å². The van der Waals surface area contributed by atoms with Crippen molar-refractivity contribution in [1.82, 2.24) is 19.5 Å². The van der Waals surface area contributed by atoms with Gasteiger partial charge in [0.05, 0.1) is 6.04 Å². The number of hydrogen-bond donors (Lipinski definition) is 1. The van der Waals surface area contributed by atoms with Gasteiger partial charge in [0.1, 0.15) is 5.82 Å². The van der Waals surface area contributed by atoms with E-state index in [1.54, 1.807) is 17.0 Å². The maximum absolute atomic E-state index is 13.0. The fraction of sp³-hybridized carbons (Fsp3) is 0.235. The van der Waals surface area contributed by atoms with Crippen LogP contribution in [-0.4, -0.2) is 32.1 Å². The molecule has 3 aromatic rings. The van der Waals surface area contributed by atoms with Crippen LogP contribution < -0.4 is 5.32 Å². The lowest BCUT2D eigenvalue weighted by Crippen LogP contribution is -2.35. The SMILES string of the molecule is O=C(Nc1ccc(F)cc1)N1CCC[C@@H]1c1nnc2ccccn12. The summed E-state index contributed by atoms with van der Waals surface area (Å²) in [7, 11) is 0. The summed E-state index contributed by atoms with van der Waals surface area (Å²) in [4.78, 5) is 14.4. The Morgan fingerprint density at radius 2 is 2.00 bits per heavy atom. The number of aromatic nitrogens is 3. The molecule has 7 heteroatoms. The van der Waals surface area contributed by atoms with E-state index < -0.39 is 0 Å². The molecule has 0 aliphatic carbocycles. The summed E-state index contributed by atoms with van der Waals surface area (Å²) in [5.74, 6) is 0.430. The number of rotatable bonds is 2. The van der Waals surface area contributed by atoms with Crippen LogP contribution in [0.1, 0.15) is 24.7 Å². The first-order chi connectivity index (χ1) is 11.7. The number of fused-ring (bicyclic) bond motifs is 1. The first kappa shape index (κ1) is 14.6. The van der Waals surface area contributed by atoms with Gasteiger partial charge >= 0.3 is 6.03 Å². The van der Waals surface area contributed by atoms with E-state index in [0.717, 1.165) is 24.3 Å². The standard InChI is InChI=1S/C17H16FN5O/c18-12-6-8-13(9-7-12)19-17(24)22-11-3-4-14(22)16-21-20-15-5-1-2-10-23(15)16/h1-2,5-10,14H,3-4,11H2,(H,19,24)/t14-/m1/s1. The van der Waals surface area contributed by atoms with Crippen LogP contribution in [0.15, 0.2) is 48.7 Å². The number of amides is 2. The molecule has 2 aromatic heterocycles. The normalized spacial score (nSPS) is 17.4. The molecule has 6 nitrogen and oxygen atoms in total. The summed E-state index contributed by atoms with van der Waals surface area (Å²) >= 11 is 0. The summed E-state index contributed by atoms with van der Waals surface area (Å²) in [6, 6.07) is 11.1. The fourth-order valence-corrected chi connectivity index (χ4v) is 3.09. The van der Waals surface area contributed by atoms with E-state index in [4.69, 9.17) is 0 Å². The minimum absolute atomic E-state index is 0.122. The zero-order valence-electron chi connectivity index (χ0n) is 12.9. The predicted molar refractivity (Wildman–Crippen MR) is 87.1 cm³/mol. The number of carbonyl (C=O) groups is 1. The highest BCUT2D eigenvalue weighted by molar-refractivity contribution is 5.89. The van der Waals surface area contributed by atoms with Gasteiger partial charge in [0.15, 0.2) is 11.5 Å². The Kier molecular flexibility index (Phi) is 3.60. The van der Waals surface area contributed by atoms with Crippen LogP contribution in [0.2, 0.25) is 0 Å². The van der Waals surface area contributed by atoms with Crippen molar-refractivity contribution in [3.05, 3.63) is 60.3 Å². The number of halogens is 1. The van der Waals surface area contributed by atoms with Crippen LogP contribution in [0.5, 0.6) is 0 Å². The molecular formula is C17H16FN5O. The smallest absolute Gasteiger partial charge is 0.314 e. The minimum Gasteiger partial charge on any atom is -0.314 e. The van der Waals surface area contributed by atoms with Gasteiger partial charge in [-0.15, -0.1) is 10.2 Å². The monoisotopic (exact) mass is 325 g/mol. The van der Waals surface area contributed by atoms with E-state index >= 15 is 0 Å². The van der Waals surface area contributed by atoms with Gasteiger partial charge in [0, 0.05) is 18.4 Å². The van der Waals surface area contributed by atoms with Crippen molar-refractivity contribution in [2.24, 2.45) is 0 Å². The molecule has 0 spiro atoms. The average Bonchev–Trinajstić information content (AvgIpc) is 3.23. The molecule has 1 atom stereocenters. The third-order valence-electron chi connectivity index (χ3n) is 4.25. The molecule has 1 saturated heterocycles. The van der Waals surface area contributed by atoms with E-state index in [0.29, 0.717) is 12.2 Å². The average molecular weight is 325 g/mol. The van der Waals surface area contributed by atoms with Crippen molar-refractivity contribution >= 4 is 17.4 Å². The van der Waals surface area contributed by atoms with Gasteiger partial charge in [-0.1, -0.05) is 6.07 Å². The van der Waals surface area contributed by atoms with Crippen molar-refractivity contribution in [1.29, 1.82) is 0 Å². The van der Waals surface area contributed by atoms with Gasteiger partial charge in [0.25, 0.3) is 0 Å². The van der Waals surface area contributed by atoms with Crippen LogP contribution in [0.25, 0.3) is 5.65 Å². The first-order valence-corrected chi connectivity index (χ1v) is 7.85. The van der Waals surface area contributed by atoms with Crippen molar-refractivity contribution < 1.29 is 9.18 Å². The minimum atomic E-state index is -0.332. The fourth-order valence-electron chi connectivity index (χ4n) is 3.09. The molecule has 1 aliphatic heterocycles. The summed E-state index contributed by atoms with van der Waals surface area (Å²) in [5, 5.41) is 11.2. The van der Waals surface area contributed by atoms with E-state index in [2.05, 4.69) is 15.5 Å². The number of hydrogen-bond acceptors (Lipinski definition) is 3. The molecule has 0 radical (unpaired) electrons. The second-order valence-corrected chi connectivity index (χ2v) is 5.78.